The molecule has 0 N–H and O–H groups in total. The van der Waals surface area contributed by atoms with Gasteiger partial charge in [0, 0.05) is 17.5 Å². The molecular weight excluding hydrogens is 443 g/mol. The summed E-state index contributed by atoms with van der Waals surface area (Å²) in [7, 11) is -6.09. The Morgan fingerprint density at radius 3 is 1.83 bits per heavy atom. The van der Waals surface area contributed by atoms with E-state index in [2.05, 4.69) is 0 Å². The smallest absolute Gasteiger partial charge is 0.485 e. The second-order valence-electron chi connectivity index (χ2n) is 5.88. The van der Waals surface area contributed by atoms with Crippen LogP contribution in [0, 0.1) is 23.3 Å². The van der Waals surface area contributed by atoms with Crippen molar-refractivity contribution >= 4 is 37.3 Å². The molecule has 0 aliphatic heterocycles. The highest BCUT2D eigenvalue weighted by molar-refractivity contribution is 7.86. The molecule has 0 atom stereocenters. The van der Waals surface area contributed by atoms with Gasteiger partial charge in [-0.3, -0.25) is 0 Å². The fourth-order valence-electron chi connectivity index (χ4n) is 2.87. The number of pyridine rings is 2. The predicted octanol–water partition coefficient (Wildman–Crippen LogP) is 4.34. The van der Waals surface area contributed by atoms with E-state index in [9.17, 15) is 30.7 Å². The molecule has 2 aromatic carbocycles. The summed E-state index contributed by atoms with van der Waals surface area (Å²) in [6.45, 7) is 0. The Kier molecular flexibility index (Phi) is 5.33. The molecule has 0 saturated carbocycles. The van der Waals surface area contributed by atoms with Crippen LogP contribution in [0.1, 0.15) is 0 Å². The third-order valence-corrected chi connectivity index (χ3v) is 4.67. The minimum Gasteiger partial charge on any atom is -0.741 e. The number of nitrogens with zero attached hydrogens (tertiary/aromatic N) is 1. The van der Waals surface area contributed by atoms with Crippen LogP contribution < -0.4 is 4.40 Å². The van der Waals surface area contributed by atoms with Gasteiger partial charge in [0.15, 0.2) is 27.9 Å². The lowest BCUT2D eigenvalue weighted by molar-refractivity contribution is -0.482. The fraction of sp³-hybridized carbons (Fsp3) is 0.0556. The van der Waals surface area contributed by atoms with Crippen molar-refractivity contribution in [3.05, 3.63) is 71.9 Å². The summed E-state index contributed by atoms with van der Waals surface area (Å²) in [5.41, 5.74) is -5.38. The summed E-state index contributed by atoms with van der Waals surface area (Å²) in [6.07, 6.45) is 1.49. The number of benzene rings is 2. The Labute approximate surface area is 163 Å². The highest BCUT2D eigenvalue weighted by Gasteiger charge is 2.37. The van der Waals surface area contributed by atoms with E-state index in [1.54, 1.807) is 42.5 Å². The molecule has 0 fully saturated rings. The first-order valence-electron chi connectivity index (χ1n) is 7.85. The molecule has 0 amide bonds. The number of fused-ring (bicyclic) bond motifs is 6. The van der Waals surface area contributed by atoms with E-state index in [1.165, 1.54) is 10.6 Å². The number of halogens is 7. The Hall–Kier alpha value is -2.99. The van der Waals surface area contributed by atoms with Gasteiger partial charge < -0.3 is 4.55 Å². The Morgan fingerprint density at radius 1 is 0.767 bits per heavy atom. The minimum atomic E-state index is -6.09. The number of hydrogen-bond donors (Lipinski definition) is 0. The quantitative estimate of drug-likeness (QED) is 0.0760. The van der Waals surface area contributed by atoms with Gasteiger partial charge >= 0.3 is 5.51 Å². The van der Waals surface area contributed by atoms with Gasteiger partial charge in [0.25, 0.3) is 5.52 Å². The van der Waals surface area contributed by atoms with Gasteiger partial charge in [-0.1, -0.05) is 18.2 Å². The van der Waals surface area contributed by atoms with E-state index in [-0.39, 0.29) is 10.9 Å². The van der Waals surface area contributed by atoms with Gasteiger partial charge in [-0.2, -0.15) is 22.0 Å². The molecule has 4 rings (SSSR count). The largest absolute Gasteiger partial charge is 0.741 e. The number of aromatic nitrogens is 1. The third kappa shape index (κ3) is 3.52. The van der Waals surface area contributed by atoms with E-state index in [0.717, 1.165) is 0 Å². The van der Waals surface area contributed by atoms with Crippen molar-refractivity contribution in [3.63, 3.8) is 0 Å². The van der Waals surface area contributed by atoms with E-state index in [0.29, 0.717) is 16.3 Å². The highest BCUT2D eigenvalue weighted by Crippen LogP contribution is 2.32. The molecule has 0 unspecified atom stereocenters. The lowest BCUT2D eigenvalue weighted by atomic mass is 10.0. The van der Waals surface area contributed by atoms with Gasteiger partial charge in [0.1, 0.15) is 0 Å². The van der Waals surface area contributed by atoms with Gasteiger partial charge in [-0.05, 0) is 12.1 Å². The molecule has 0 aliphatic carbocycles. The first-order valence-corrected chi connectivity index (χ1v) is 9.26. The second-order valence-corrected chi connectivity index (χ2v) is 7.25. The zero-order chi connectivity index (χ0) is 22.4. The molecule has 12 heteroatoms. The molecule has 30 heavy (non-hydrogen) atoms. The summed E-state index contributed by atoms with van der Waals surface area (Å²) in [5.74, 6) is -6.40. The summed E-state index contributed by atoms with van der Waals surface area (Å²) >= 11 is 0. The van der Waals surface area contributed by atoms with Crippen LogP contribution in [0.3, 0.4) is 0 Å². The van der Waals surface area contributed by atoms with Crippen LogP contribution in [-0.4, -0.2) is 18.5 Å². The topological polar surface area (TPSA) is 61.3 Å². The standard InChI is InChI=1S/C17H8F4N.CHF3O3S/c18-13-12-10-6-2-1-5-9(10)11-7-3-4-8-22(11)17(12)16(21)15(20)14(13)19;2-1(3,4)8(5,6)7/h1-8H;(H,5,6,7)/q+1;/p-1. The molecule has 2 heterocycles. The molecule has 0 aliphatic rings. The molecule has 4 aromatic rings. The molecule has 0 spiro atoms. The van der Waals surface area contributed by atoms with E-state index >= 15 is 0 Å². The average Bonchev–Trinajstić information content (AvgIpc) is 2.68. The Balaban J connectivity index is 0.000000275. The zero-order valence-electron chi connectivity index (χ0n) is 14.3. The Morgan fingerprint density at radius 2 is 1.27 bits per heavy atom. The summed E-state index contributed by atoms with van der Waals surface area (Å²) < 4.78 is 116. The normalized spacial score (nSPS) is 12.3. The lowest BCUT2D eigenvalue weighted by Gasteiger charge is -2.08. The maximum Gasteiger partial charge on any atom is 0.485 e. The maximum atomic E-state index is 14.3. The van der Waals surface area contributed by atoms with Crippen LogP contribution in [-0.2, 0) is 10.1 Å². The van der Waals surface area contributed by atoms with E-state index in [4.69, 9.17) is 13.0 Å². The second kappa shape index (κ2) is 7.36. The predicted molar refractivity (Wildman–Crippen MR) is 90.2 cm³/mol. The first-order chi connectivity index (χ1) is 13.9. The van der Waals surface area contributed by atoms with Crippen molar-refractivity contribution in [1.82, 2.24) is 0 Å². The van der Waals surface area contributed by atoms with Crippen LogP contribution in [0.4, 0.5) is 30.7 Å². The van der Waals surface area contributed by atoms with Crippen LogP contribution in [0.15, 0.2) is 48.7 Å². The first kappa shape index (κ1) is 21.7. The minimum absolute atomic E-state index is 0.268. The van der Waals surface area contributed by atoms with Gasteiger partial charge in [0.05, 0.1) is 10.8 Å². The monoisotopic (exact) mass is 451 g/mol. The number of alkyl halides is 3. The van der Waals surface area contributed by atoms with Crippen LogP contribution >= 0.6 is 0 Å². The molecule has 4 nitrogen and oxygen atoms in total. The van der Waals surface area contributed by atoms with E-state index < -0.39 is 38.9 Å². The third-order valence-electron chi connectivity index (χ3n) is 4.10. The van der Waals surface area contributed by atoms with Crippen LogP contribution in [0.5, 0.6) is 0 Å². The SMILES string of the molecule is Fc1c(F)c(F)c2c(c1F)c1ccccc1c1cccc[n+]12.O=S(=O)([O-])C(F)(F)F. The summed E-state index contributed by atoms with van der Waals surface area (Å²) in [5, 5.41) is 0.689. The fourth-order valence-corrected chi connectivity index (χ4v) is 2.87. The van der Waals surface area contributed by atoms with Crippen molar-refractivity contribution in [2.45, 2.75) is 5.51 Å². The summed E-state index contributed by atoms with van der Waals surface area (Å²) in [6, 6.07) is 11.7. The van der Waals surface area contributed by atoms with Crippen molar-refractivity contribution < 1.29 is 48.1 Å². The Bertz CT molecular complexity index is 1320. The maximum absolute atomic E-state index is 14.3. The van der Waals surface area contributed by atoms with Crippen molar-refractivity contribution in [2.75, 3.05) is 0 Å². The summed E-state index contributed by atoms with van der Waals surface area (Å²) in [4.78, 5) is 0. The van der Waals surface area contributed by atoms with Gasteiger partial charge in [-0.25, -0.2) is 21.6 Å². The highest BCUT2D eigenvalue weighted by atomic mass is 32.2. The van der Waals surface area contributed by atoms with Gasteiger partial charge in [0.2, 0.25) is 17.2 Å². The van der Waals surface area contributed by atoms with Crippen LogP contribution in [0.25, 0.3) is 27.2 Å². The molecule has 158 valence electrons. The number of hydrogen-bond acceptors (Lipinski definition) is 3. The van der Waals surface area contributed by atoms with Crippen molar-refractivity contribution in [3.8, 4) is 0 Å². The van der Waals surface area contributed by atoms with E-state index in [1.807, 2.05) is 0 Å². The molecule has 0 bridgehead atoms. The average molecular weight is 451 g/mol. The van der Waals surface area contributed by atoms with Gasteiger partial charge in [-0.15, -0.1) is 0 Å². The van der Waals surface area contributed by atoms with Crippen molar-refractivity contribution in [2.24, 2.45) is 0 Å². The molecule has 2 aromatic heterocycles. The zero-order valence-corrected chi connectivity index (χ0v) is 15.2. The molecular formula is C18H8F7NO3S. The van der Waals surface area contributed by atoms with Crippen molar-refractivity contribution in [1.29, 1.82) is 0 Å². The molecule has 0 saturated heterocycles. The number of rotatable bonds is 0. The van der Waals surface area contributed by atoms with Crippen LogP contribution in [0.2, 0.25) is 0 Å². The molecule has 0 radical (unpaired) electrons. The lowest BCUT2D eigenvalue weighted by Crippen LogP contribution is -2.25.